The van der Waals surface area contributed by atoms with E-state index in [1.165, 1.54) is 18.2 Å². The quantitative estimate of drug-likeness (QED) is 0.582. The fourth-order valence-electron chi connectivity index (χ4n) is 1.65. The molecule has 1 atom stereocenters. The van der Waals surface area contributed by atoms with Crippen LogP contribution in [0.25, 0.3) is 0 Å². The van der Waals surface area contributed by atoms with Gasteiger partial charge in [-0.2, -0.15) is 0 Å². The van der Waals surface area contributed by atoms with Gasteiger partial charge in [0, 0.05) is 13.0 Å². The highest BCUT2D eigenvalue weighted by molar-refractivity contribution is 5.97. The Labute approximate surface area is 110 Å². The number of nitrogens with one attached hydrogen (secondary N) is 1. The third-order valence-corrected chi connectivity index (χ3v) is 2.85. The van der Waals surface area contributed by atoms with E-state index in [0.29, 0.717) is 6.42 Å². The van der Waals surface area contributed by atoms with E-state index in [-0.39, 0.29) is 30.2 Å². The zero-order chi connectivity index (χ0) is 14.4. The molecule has 0 aliphatic rings. The van der Waals surface area contributed by atoms with Crippen LogP contribution in [0.3, 0.4) is 0 Å². The molecule has 0 heterocycles. The van der Waals surface area contributed by atoms with Gasteiger partial charge in [0.15, 0.2) is 11.5 Å². The standard InChI is InChI=1S/C13H17NO5/c1-2-8(6-11(16)17)7-14-13(19)9-4-3-5-10(15)12(9)18/h3-5,8,15,18H,2,6-7H2,1H3,(H,14,19)(H,16,17). The highest BCUT2D eigenvalue weighted by Crippen LogP contribution is 2.27. The van der Waals surface area contributed by atoms with Gasteiger partial charge in [0.25, 0.3) is 5.91 Å². The summed E-state index contributed by atoms with van der Waals surface area (Å²) in [6, 6.07) is 4.09. The second-order valence-electron chi connectivity index (χ2n) is 4.26. The van der Waals surface area contributed by atoms with Crippen LogP contribution in [-0.2, 0) is 4.79 Å². The van der Waals surface area contributed by atoms with Gasteiger partial charge in [0.1, 0.15) is 0 Å². The summed E-state index contributed by atoms with van der Waals surface area (Å²) in [5.41, 5.74) is -0.0369. The highest BCUT2D eigenvalue weighted by atomic mass is 16.4. The first-order chi connectivity index (χ1) is 8.95. The number of carbonyl (C=O) groups is 2. The number of hydrogen-bond acceptors (Lipinski definition) is 4. The lowest BCUT2D eigenvalue weighted by atomic mass is 10.0. The molecule has 104 valence electrons. The van der Waals surface area contributed by atoms with Crippen molar-refractivity contribution >= 4 is 11.9 Å². The first kappa shape index (κ1) is 14.8. The lowest BCUT2D eigenvalue weighted by molar-refractivity contribution is -0.138. The molecule has 0 fully saturated rings. The van der Waals surface area contributed by atoms with Crippen LogP contribution in [0.5, 0.6) is 11.5 Å². The van der Waals surface area contributed by atoms with Gasteiger partial charge in [0.05, 0.1) is 5.56 Å². The minimum atomic E-state index is -0.915. The lowest BCUT2D eigenvalue weighted by Gasteiger charge is -2.14. The fourth-order valence-corrected chi connectivity index (χ4v) is 1.65. The number of benzene rings is 1. The molecule has 6 heteroatoms. The SMILES string of the molecule is CCC(CNC(=O)c1cccc(O)c1O)CC(=O)O. The Hall–Kier alpha value is -2.24. The van der Waals surface area contributed by atoms with Crippen LogP contribution in [0, 0.1) is 5.92 Å². The molecule has 1 aromatic carbocycles. The number of rotatable bonds is 6. The van der Waals surface area contributed by atoms with Crippen molar-refractivity contribution in [1.29, 1.82) is 0 Å². The molecule has 0 bridgehead atoms. The van der Waals surface area contributed by atoms with E-state index in [4.69, 9.17) is 5.11 Å². The normalized spacial score (nSPS) is 11.8. The summed E-state index contributed by atoms with van der Waals surface area (Å²) in [7, 11) is 0. The molecule has 4 N–H and O–H groups in total. The number of hydrogen-bond donors (Lipinski definition) is 4. The van der Waals surface area contributed by atoms with Gasteiger partial charge in [-0.05, 0) is 18.1 Å². The zero-order valence-corrected chi connectivity index (χ0v) is 10.6. The molecule has 0 aromatic heterocycles. The molecular formula is C13H17NO5. The van der Waals surface area contributed by atoms with Gasteiger partial charge < -0.3 is 20.6 Å². The van der Waals surface area contributed by atoms with E-state index in [1.807, 2.05) is 6.92 Å². The van der Waals surface area contributed by atoms with Crippen molar-refractivity contribution in [2.45, 2.75) is 19.8 Å². The average molecular weight is 267 g/mol. The van der Waals surface area contributed by atoms with Gasteiger partial charge in [-0.15, -0.1) is 0 Å². The predicted molar refractivity (Wildman–Crippen MR) is 68.1 cm³/mol. The number of phenols is 2. The van der Waals surface area contributed by atoms with Gasteiger partial charge >= 0.3 is 5.97 Å². The number of para-hydroxylation sites is 1. The van der Waals surface area contributed by atoms with Crippen LogP contribution in [0.4, 0.5) is 0 Å². The predicted octanol–water partition coefficient (Wildman–Crippen LogP) is 1.33. The monoisotopic (exact) mass is 267 g/mol. The third-order valence-electron chi connectivity index (χ3n) is 2.85. The largest absolute Gasteiger partial charge is 0.504 e. The number of carboxylic acids is 1. The van der Waals surface area contributed by atoms with Crippen LogP contribution in [0.1, 0.15) is 30.1 Å². The summed E-state index contributed by atoms with van der Waals surface area (Å²) in [6.45, 7) is 2.04. The van der Waals surface area contributed by atoms with Crippen molar-refractivity contribution in [2.75, 3.05) is 6.54 Å². The van der Waals surface area contributed by atoms with Gasteiger partial charge in [-0.25, -0.2) is 0 Å². The van der Waals surface area contributed by atoms with E-state index >= 15 is 0 Å². The first-order valence-electron chi connectivity index (χ1n) is 5.96. The Morgan fingerprint density at radius 3 is 2.58 bits per heavy atom. The third kappa shape index (κ3) is 4.17. The second kappa shape index (κ2) is 6.63. The molecular weight excluding hydrogens is 250 g/mol. The van der Waals surface area contributed by atoms with Crippen molar-refractivity contribution in [3.63, 3.8) is 0 Å². The van der Waals surface area contributed by atoms with Crippen molar-refractivity contribution in [3.05, 3.63) is 23.8 Å². The Morgan fingerprint density at radius 1 is 1.32 bits per heavy atom. The summed E-state index contributed by atoms with van der Waals surface area (Å²) >= 11 is 0. The fraction of sp³-hybridized carbons (Fsp3) is 0.385. The first-order valence-corrected chi connectivity index (χ1v) is 5.96. The molecule has 19 heavy (non-hydrogen) atoms. The molecule has 0 aliphatic heterocycles. The molecule has 6 nitrogen and oxygen atoms in total. The Balaban J connectivity index is 2.64. The van der Waals surface area contributed by atoms with E-state index in [0.717, 1.165) is 0 Å². The number of aromatic hydroxyl groups is 2. The second-order valence-corrected chi connectivity index (χ2v) is 4.26. The molecule has 0 saturated heterocycles. The molecule has 1 aromatic rings. The minimum Gasteiger partial charge on any atom is -0.504 e. The summed E-state index contributed by atoms with van der Waals surface area (Å²) in [6.07, 6.45) is 0.599. The average Bonchev–Trinajstić information content (AvgIpc) is 2.37. The summed E-state index contributed by atoms with van der Waals surface area (Å²) in [5, 5.41) is 30.1. The van der Waals surface area contributed by atoms with Gasteiger partial charge in [-0.3, -0.25) is 9.59 Å². The topological polar surface area (TPSA) is 107 Å². The Kier molecular flexibility index (Phi) is 5.17. The highest BCUT2D eigenvalue weighted by Gasteiger charge is 2.16. The molecule has 1 unspecified atom stereocenters. The van der Waals surface area contributed by atoms with E-state index in [1.54, 1.807) is 0 Å². The van der Waals surface area contributed by atoms with E-state index in [2.05, 4.69) is 5.32 Å². The van der Waals surface area contributed by atoms with E-state index < -0.39 is 17.6 Å². The van der Waals surface area contributed by atoms with Crippen LogP contribution >= 0.6 is 0 Å². The van der Waals surface area contributed by atoms with Crippen molar-refractivity contribution in [2.24, 2.45) is 5.92 Å². The van der Waals surface area contributed by atoms with Crippen LogP contribution in [0.15, 0.2) is 18.2 Å². The van der Waals surface area contributed by atoms with Crippen LogP contribution in [0.2, 0.25) is 0 Å². The molecule has 0 aliphatic carbocycles. The smallest absolute Gasteiger partial charge is 0.303 e. The zero-order valence-electron chi connectivity index (χ0n) is 10.6. The Morgan fingerprint density at radius 2 is 2.00 bits per heavy atom. The van der Waals surface area contributed by atoms with Gasteiger partial charge in [0.2, 0.25) is 0 Å². The summed E-state index contributed by atoms with van der Waals surface area (Å²) < 4.78 is 0. The maximum atomic E-state index is 11.8. The minimum absolute atomic E-state index is 0.0250. The van der Waals surface area contributed by atoms with Crippen molar-refractivity contribution in [1.82, 2.24) is 5.32 Å². The number of aliphatic carboxylic acids is 1. The molecule has 1 rings (SSSR count). The van der Waals surface area contributed by atoms with Crippen molar-refractivity contribution in [3.8, 4) is 11.5 Å². The maximum absolute atomic E-state index is 11.8. The summed E-state index contributed by atoms with van der Waals surface area (Å²) in [4.78, 5) is 22.4. The molecule has 1 amide bonds. The number of amides is 1. The lowest BCUT2D eigenvalue weighted by Crippen LogP contribution is -2.30. The number of carboxylic acid groups (broad SMARTS) is 1. The number of phenolic OH excluding ortho intramolecular Hbond substituents is 2. The molecule has 0 saturated carbocycles. The molecule has 0 radical (unpaired) electrons. The Bertz CT molecular complexity index is 472. The summed E-state index contributed by atoms with van der Waals surface area (Å²) in [5.74, 6) is -2.48. The van der Waals surface area contributed by atoms with Crippen LogP contribution in [-0.4, -0.2) is 33.7 Å². The molecule has 0 spiro atoms. The van der Waals surface area contributed by atoms with E-state index in [9.17, 15) is 19.8 Å². The maximum Gasteiger partial charge on any atom is 0.303 e. The van der Waals surface area contributed by atoms with Gasteiger partial charge in [-0.1, -0.05) is 19.4 Å². The number of carbonyl (C=O) groups excluding carboxylic acids is 1. The van der Waals surface area contributed by atoms with Crippen molar-refractivity contribution < 1.29 is 24.9 Å². The van der Waals surface area contributed by atoms with Crippen LogP contribution < -0.4 is 5.32 Å².